The second-order valence-electron chi connectivity index (χ2n) is 7.67. The van der Waals surface area contributed by atoms with E-state index in [4.69, 9.17) is 5.26 Å². The van der Waals surface area contributed by atoms with Gasteiger partial charge in [-0.05, 0) is 42.2 Å². The van der Waals surface area contributed by atoms with Crippen LogP contribution in [0.15, 0.2) is 59.5 Å². The van der Waals surface area contributed by atoms with Gasteiger partial charge < -0.3 is 15.5 Å². The van der Waals surface area contributed by atoms with Crippen LogP contribution >= 0.6 is 0 Å². The summed E-state index contributed by atoms with van der Waals surface area (Å²) in [7, 11) is -3.96. The monoisotopic (exact) mass is 445 g/mol. The summed E-state index contributed by atoms with van der Waals surface area (Å²) >= 11 is 0. The van der Waals surface area contributed by atoms with Gasteiger partial charge in [-0.2, -0.15) is 9.57 Å². The van der Waals surface area contributed by atoms with Crippen LogP contribution in [0.25, 0.3) is 0 Å². The van der Waals surface area contributed by atoms with Gasteiger partial charge in [-0.25, -0.2) is 13.2 Å². The summed E-state index contributed by atoms with van der Waals surface area (Å²) in [5, 5.41) is 31.3. The molecule has 0 fully saturated rings. The minimum absolute atomic E-state index is 0.00477. The number of sulfonamides is 1. The van der Waals surface area contributed by atoms with Crippen LogP contribution in [0.3, 0.4) is 0 Å². The molecule has 1 amide bonds. The van der Waals surface area contributed by atoms with Gasteiger partial charge in [0.25, 0.3) is 0 Å². The molecule has 166 valence electrons. The Morgan fingerprint density at radius 2 is 1.71 bits per heavy atom. The van der Waals surface area contributed by atoms with E-state index in [0.717, 1.165) is 9.87 Å². The van der Waals surface area contributed by atoms with Crippen LogP contribution < -0.4 is 5.32 Å². The third-order valence-electron chi connectivity index (χ3n) is 4.65. The van der Waals surface area contributed by atoms with E-state index in [-0.39, 0.29) is 30.3 Å². The summed E-state index contributed by atoms with van der Waals surface area (Å²) in [4.78, 5) is 11.3. The molecule has 8 nitrogen and oxygen atoms in total. The van der Waals surface area contributed by atoms with Crippen LogP contribution in [0.1, 0.15) is 25.0 Å². The number of benzene rings is 2. The van der Waals surface area contributed by atoms with E-state index in [2.05, 4.69) is 5.32 Å². The summed E-state index contributed by atoms with van der Waals surface area (Å²) in [5.41, 5.74) is 1.15. The molecule has 0 bridgehead atoms. The molecule has 2 rings (SSSR count). The Morgan fingerprint density at radius 3 is 2.23 bits per heavy atom. The summed E-state index contributed by atoms with van der Waals surface area (Å²) in [6.07, 6.45) is -2.37. The molecule has 0 saturated carbocycles. The number of nitriles is 1. The van der Waals surface area contributed by atoms with Crippen molar-refractivity contribution in [2.24, 2.45) is 5.92 Å². The van der Waals surface area contributed by atoms with Gasteiger partial charge in [0, 0.05) is 13.1 Å². The SMILES string of the molecule is CC(C)CN(C[C@H](O)[C@H](Cc1ccccc1)NC(=O)O)S(=O)(=O)c1ccc(C#N)cc1. The number of hydrogen-bond donors (Lipinski definition) is 3. The minimum Gasteiger partial charge on any atom is -0.465 e. The standard InChI is InChI=1S/C22H27N3O5S/c1-16(2)14-25(31(29,30)19-10-8-18(13-23)9-11-19)15-21(26)20(24-22(27)28)12-17-6-4-3-5-7-17/h3-11,16,20-21,24,26H,12,14-15H2,1-2H3,(H,27,28)/t20-,21-/m0/s1. The van der Waals surface area contributed by atoms with E-state index in [1.165, 1.54) is 24.3 Å². The molecule has 0 radical (unpaired) electrons. The lowest BCUT2D eigenvalue weighted by atomic mass is 10.0. The van der Waals surface area contributed by atoms with Gasteiger partial charge >= 0.3 is 6.09 Å². The van der Waals surface area contributed by atoms with Crippen molar-refractivity contribution in [3.05, 3.63) is 65.7 Å². The average molecular weight is 446 g/mol. The van der Waals surface area contributed by atoms with Gasteiger partial charge in [-0.1, -0.05) is 44.2 Å². The van der Waals surface area contributed by atoms with E-state index in [1.807, 2.05) is 38.1 Å². The maximum atomic E-state index is 13.2. The Balaban J connectivity index is 2.29. The Hall–Kier alpha value is -2.93. The highest BCUT2D eigenvalue weighted by Crippen LogP contribution is 2.19. The fourth-order valence-corrected chi connectivity index (χ4v) is 4.80. The first-order valence-corrected chi connectivity index (χ1v) is 11.3. The van der Waals surface area contributed by atoms with E-state index in [0.29, 0.717) is 5.56 Å². The highest BCUT2D eigenvalue weighted by atomic mass is 32.2. The first-order chi connectivity index (χ1) is 14.6. The van der Waals surface area contributed by atoms with E-state index in [9.17, 15) is 23.4 Å². The summed E-state index contributed by atoms with van der Waals surface area (Å²) in [6, 6.07) is 15.6. The number of carboxylic acid groups (broad SMARTS) is 1. The molecular formula is C22H27N3O5S. The molecule has 2 aromatic carbocycles. The van der Waals surface area contributed by atoms with Gasteiger partial charge in [-0.15, -0.1) is 0 Å². The van der Waals surface area contributed by atoms with Gasteiger partial charge in [0.1, 0.15) is 0 Å². The molecule has 0 aliphatic rings. The topological polar surface area (TPSA) is 131 Å². The molecule has 31 heavy (non-hydrogen) atoms. The van der Waals surface area contributed by atoms with Crippen LogP contribution in [0.2, 0.25) is 0 Å². The molecule has 2 atom stereocenters. The van der Waals surface area contributed by atoms with E-state index in [1.54, 1.807) is 12.1 Å². The summed E-state index contributed by atoms with van der Waals surface area (Å²) < 4.78 is 27.6. The van der Waals surface area contributed by atoms with Gasteiger partial charge in [0.05, 0.1) is 28.7 Å². The van der Waals surface area contributed by atoms with Gasteiger partial charge in [0.2, 0.25) is 10.0 Å². The van der Waals surface area contributed by atoms with E-state index < -0.39 is 28.3 Å². The fourth-order valence-electron chi connectivity index (χ4n) is 3.17. The van der Waals surface area contributed by atoms with Crippen molar-refractivity contribution < 1.29 is 23.4 Å². The van der Waals surface area contributed by atoms with Crippen molar-refractivity contribution in [2.75, 3.05) is 13.1 Å². The maximum absolute atomic E-state index is 13.2. The third kappa shape index (κ3) is 7.07. The number of nitrogens with zero attached hydrogens (tertiary/aromatic N) is 2. The van der Waals surface area contributed by atoms with Crippen molar-refractivity contribution in [2.45, 2.75) is 37.3 Å². The van der Waals surface area contributed by atoms with Crippen molar-refractivity contribution in [1.82, 2.24) is 9.62 Å². The molecule has 3 N–H and O–H groups in total. The highest BCUT2D eigenvalue weighted by Gasteiger charge is 2.31. The zero-order valence-corrected chi connectivity index (χ0v) is 18.3. The second-order valence-corrected chi connectivity index (χ2v) is 9.60. The highest BCUT2D eigenvalue weighted by molar-refractivity contribution is 7.89. The number of amides is 1. The second kappa shape index (κ2) is 10.9. The molecule has 0 heterocycles. The molecule has 0 aliphatic carbocycles. The predicted octanol–water partition coefficient (Wildman–Crippen LogP) is 2.44. The maximum Gasteiger partial charge on any atom is 0.404 e. The molecular weight excluding hydrogens is 418 g/mol. The van der Waals surface area contributed by atoms with Crippen LogP contribution in [0.5, 0.6) is 0 Å². The van der Waals surface area contributed by atoms with Crippen molar-refractivity contribution >= 4 is 16.1 Å². The Bertz CT molecular complexity index is 1000. The van der Waals surface area contributed by atoms with E-state index >= 15 is 0 Å². The average Bonchev–Trinajstić information content (AvgIpc) is 2.73. The lowest BCUT2D eigenvalue weighted by molar-refractivity contribution is 0.0980. The molecule has 0 aliphatic heterocycles. The molecule has 0 unspecified atom stereocenters. The zero-order chi connectivity index (χ0) is 23.0. The lowest BCUT2D eigenvalue weighted by Gasteiger charge is -2.30. The summed E-state index contributed by atoms with van der Waals surface area (Å²) in [5.74, 6) is -0.0274. The van der Waals surface area contributed by atoms with Gasteiger partial charge in [-0.3, -0.25) is 0 Å². The smallest absolute Gasteiger partial charge is 0.404 e. The number of aliphatic hydroxyl groups is 1. The Labute approximate surface area is 182 Å². The number of nitrogens with one attached hydrogen (secondary N) is 1. The van der Waals surface area contributed by atoms with Crippen LogP contribution in [0.4, 0.5) is 4.79 Å². The van der Waals surface area contributed by atoms with Crippen molar-refractivity contribution in [3.8, 4) is 6.07 Å². The number of hydrogen-bond acceptors (Lipinski definition) is 5. The predicted molar refractivity (Wildman–Crippen MR) is 116 cm³/mol. The zero-order valence-electron chi connectivity index (χ0n) is 17.5. The molecule has 0 spiro atoms. The van der Waals surface area contributed by atoms with Crippen molar-refractivity contribution in [1.29, 1.82) is 5.26 Å². The normalized spacial score (nSPS) is 13.5. The third-order valence-corrected chi connectivity index (χ3v) is 6.50. The minimum atomic E-state index is -3.96. The molecule has 9 heteroatoms. The first-order valence-electron chi connectivity index (χ1n) is 9.85. The van der Waals surface area contributed by atoms with Gasteiger partial charge in [0.15, 0.2) is 0 Å². The molecule has 0 saturated heterocycles. The fraction of sp³-hybridized carbons (Fsp3) is 0.364. The van der Waals surface area contributed by atoms with Crippen LogP contribution in [-0.2, 0) is 16.4 Å². The molecule has 2 aromatic rings. The number of aliphatic hydroxyl groups excluding tert-OH is 1. The lowest BCUT2D eigenvalue weighted by Crippen LogP contribution is -2.50. The number of rotatable bonds is 10. The summed E-state index contributed by atoms with van der Waals surface area (Å²) in [6.45, 7) is 3.57. The molecule has 0 aromatic heterocycles. The number of carbonyl (C=O) groups is 1. The largest absolute Gasteiger partial charge is 0.465 e. The van der Waals surface area contributed by atoms with Crippen molar-refractivity contribution in [3.63, 3.8) is 0 Å². The Kier molecular flexibility index (Phi) is 8.56. The quantitative estimate of drug-likeness (QED) is 0.515. The van der Waals surface area contributed by atoms with Crippen LogP contribution in [-0.4, -0.2) is 54.3 Å². The first kappa shape index (κ1) is 24.3. The van der Waals surface area contributed by atoms with Crippen LogP contribution in [0, 0.1) is 17.2 Å². The Morgan fingerprint density at radius 1 is 1.10 bits per heavy atom.